The molecule has 0 heterocycles. The molecular formula is C13H20BrFN2. The molecule has 1 aromatic rings. The number of nitrogens with two attached hydrogens (primary N) is 1. The van der Waals surface area contributed by atoms with E-state index in [9.17, 15) is 4.39 Å². The first-order valence-corrected chi connectivity index (χ1v) is 6.75. The highest BCUT2D eigenvalue weighted by molar-refractivity contribution is 9.10. The molecule has 0 spiro atoms. The first-order valence-electron chi connectivity index (χ1n) is 5.95. The molecule has 0 saturated heterocycles. The monoisotopic (exact) mass is 302 g/mol. The van der Waals surface area contributed by atoms with Crippen molar-refractivity contribution >= 4 is 15.9 Å². The lowest BCUT2D eigenvalue weighted by atomic mass is 9.98. The fraction of sp³-hybridized carbons (Fsp3) is 0.538. The maximum Gasteiger partial charge on any atom is 0.123 e. The Morgan fingerprint density at radius 2 is 2.06 bits per heavy atom. The Morgan fingerprint density at radius 1 is 1.35 bits per heavy atom. The van der Waals surface area contributed by atoms with Gasteiger partial charge in [-0.25, -0.2) is 4.39 Å². The Labute approximate surface area is 111 Å². The molecule has 0 aliphatic carbocycles. The number of nitrogens with one attached hydrogen (secondary N) is 1. The summed E-state index contributed by atoms with van der Waals surface area (Å²) < 4.78 is 14.1. The predicted molar refractivity (Wildman–Crippen MR) is 72.9 cm³/mol. The van der Waals surface area contributed by atoms with Crippen molar-refractivity contribution in [3.8, 4) is 0 Å². The Balaban J connectivity index is 2.68. The highest BCUT2D eigenvalue weighted by Crippen LogP contribution is 2.27. The molecule has 17 heavy (non-hydrogen) atoms. The summed E-state index contributed by atoms with van der Waals surface area (Å²) in [4.78, 5) is 0. The summed E-state index contributed by atoms with van der Waals surface area (Å²) >= 11 is 3.43. The van der Waals surface area contributed by atoms with Crippen molar-refractivity contribution < 1.29 is 4.39 Å². The van der Waals surface area contributed by atoms with E-state index >= 15 is 0 Å². The zero-order valence-corrected chi connectivity index (χ0v) is 11.9. The standard InChI is InChI=1S/C13H20BrFN2/c1-9(2)4-3-5-13(17-16)11-8-10(15)6-7-12(11)14/h6-9,13,17H,3-5,16H2,1-2H3. The third kappa shape index (κ3) is 4.74. The molecule has 0 saturated carbocycles. The first kappa shape index (κ1) is 14.6. The van der Waals surface area contributed by atoms with E-state index in [1.807, 2.05) is 0 Å². The van der Waals surface area contributed by atoms with Gasteiger partial charge in [-0.2, -0.15) is 0 Å². The van der Waals surface area contributed by atoms with Crippen LogP contribution in [0.1, 0.15) is 44.7 Å². The topological polar surface area (TPSA) is 38.0 Å². The Hall–Kier alpha value is -0.450. The largest absolute Gasteiger partial charge is 0.271 e. The minimum atomic E-state index is -0.229. The van der Waals surface area contributed by atoms with E-state index in [1.54, 1.807) is 6.07 Å². The van der Waals surface area contributed by atoms with Crippen LogP contribution in [0.15, 0.2) is 22.7 Å². The van der Waals surface area contributed by atoms with Gasteiger partial charge in [-0.3, -0.25) is 11.3 Å². The minimum Gasteiger partial charge on any atom is -0.271 e. The maximum atomic E-state index is 13.2. The van der Waals surface area contributed by atoms with Gasteiger partial charge in [-0.05, 0) is 36.1 Å². The number of hydrogen-bond donors (Lipinski definition) is 2. The van der Waals surface area contributed by atoms with Crippen LogP contribution < -0.4 is 11.3 Å². The van der Waals surface area contributed by atoms with E-state index in [0.717, 1.165) is 29.3 Å². The van der Waals surface area contributed by atoms with Crippen LogP contribution >= 0.6 is 15.9 Å². The van der Waals surface area contributed by atoms with Gasteiger partial charge in [0.25, 0.3) is 0 Å². The van der Waals surface area contributed by atoms with Crippen molar-refractivity contribution in [3.63, 3.8) is 0 Å². The van der Waals surface area contributed by atoms with Gasteiger partial charge in [0, 0.05) is 10.5 Å². The molecule has 96 valence electrons. The van der Waals surface area contributed by atoms with Crippen LogP contribution in [0.25, 0.3) is 0 Å². The van der Waals surface area contributed by atoms with Crippen molar-refractivity contribution in [3.05, 3.63) is 34.1 Å². The van der Waals surface area contributed by atoms with Crippen molar-refractivity contribution in [1.82, 2.24) is 5.43 Å². The number of halogens is 2. The summed E-state index contributed by atoms with van der Waals surface area (Å²) in [6, 6.07) is 4.69. The van der Waals surface area contributed by atoms with E-state index in [4.69, 9.17) is 5.84 Å². The van der Waals surface area contributed by atoms with Crippen molar-refractivity contribution in [2.45, 2.75) is 39.2 Å². The molecule has 1 aromatic carbocycles. The van der Waals surface area contributed by atoms with E-state index in [0.29, 0.717) is 5.92 Å². The molecule has 0 aromatic heterocycles. The molecule has 1 rings (SSSR count). The summed E-state index contributed by atoms with van der Waals surface area (Å²) in [5, 5.41) is 0. The lowest BCUT2D eigenvalue weighted by molar-refractivity contribution is 0.452. The molecule has 1 unspecified atom stereocenters. The van der Waals surface area contributed by atoms with Gasteiger partial charge in [-0.15, -0.1) is 0 Å². The van der Waals surface area contributed by atoms with E-state index in [-0.39, 0.29) is 11.9 Å². The van der Waals surface area contributed by atoms with Crippen LogP contribution in [0.5, 0.6) is 0 Å². The predicted octanol–water partition coefficient (Wildman–Crippen LogP) is 3.92. The average Bonchev–Trinajstić information content (AvgIpc) is 2.28. The van der Waals surface area contributed by atoms with Gasteiger partial charge in [0.05, 0.1) is 0 Å². The normalized spacial score (nSPS) is 13.1. The molecule has 4 heteroatoms. The van der Waals surface area contributed by atoms with Crippen LogP contribution in [-0.4, -0.2) is 0 Å². The van der Waals surface area contributed by atoms with Gasteiger partial charge in [0.1, 0.15) is 5.82 Å². The van der Waals surface area contributed by atoms with E-state index in [1.165, 1.54) is 12.1 Å². The van der Waals surface area contributed by atoms with Crippen molar-refractivity contribution in [1.29, 1.82) is 0 Å². The molecule has 1 atom stereocenters. The van der Waals surface area contributed by atoms with Gasteiger partial charge in [-0.1, -0.05) is 42.6 Å². The highest BCUT2D eigenvalue weighted by atomic mass is 79.9. The summed E-state index contributed by atoms with van der Waals surface area (Å²) in [5.41, 5.74) is 3.65. The fourth-order valence-corrected chi connectivity index (χ4v) is 2.36. The molecule has 3 N–H and O–H groups in total. The third-order valence-corrected chi connectivity index (χ3v) is 3.53. The van der Waals surface area contributed by atoms with Crippen molar-refractivity contribution in [2.24, 2.45) is 11.8 Å². The summed E-state index contributed by atoms with van der Waals surface area (Å²) in [7, 11) is 0. The Morgan fingerprint density at radius 3 is 2.65 bits per heavy atom. The molecule has 0 bridgehead atoms. The lowest BCUT2D eigenvalue weighted by Crippen LogP contribution is -2.28. The molecule has 0 amide bonds. The number of benzene rings is 1. The second-order valence-corrected chi connectivity index (χ2v) is 5.56. The SMILES string of the molecule is CC(C)CCCC(NN)c1cc(F)ccc1Br. The van der Waals surface area contributed by atoms with Gasteiger partial charge >= 0.3 is 0 Å². The number of hydrazine groups is 1. The van der Waals surface area contributed by atoms with E-state index < -0.39 is 0 Å². The smallest absolute Gasteiger partial charge is 0.123 e. The second-order valence-electron chi connectivity index (χ2n) is 4.71. The molecule has 0 fully saturated rings. The quantitative estimate of drug-likeness (QED) is 0.617. The van der Waals surface area contributed by atoms with E-state index in [2.05, 4.69) is 35.2 Å². The van der Waals surface area contributed by atoms with Gasteiger partial charge in [0.2, 0.25) is 0 Å². The molecule has 0 aliphatic rings. The van der Waals surface area contributed by atoms with Gasteiger partial charge in [0.15, 0.2) is 0 Å². The summed E-state index contributed by atoms with van der Waals surface area (Å²) in [5.74, 6) is 6.00. The van der Waals surface area contributed by atoms with Crippen molar-refractivity contribution in [2.75, 3.05) is 0 Å². The Bertz CT molecular complexity index is 355. The molecule has 0 aliphatic heterocycles. The fourth-order valence-electron chi connectivity index (χ4n) is 1.84. The lowest BCUT2D eigenvalue weighted by Gasteiger charge is -2.18. The van der Waals surface area contributed by atoms with Crippen LogP contribution in [-0.2, 0) is 0 Å². The first-order chi connectivity index (χ1) is 8.04. The zero-order valence-electron chi connectivity index (χ0n) is 10.3. The van der Waals surface area contributed by atoms with Crippen LogP contribution in [0.2, 0.25) is 0 Å². The maximum absolute atomic E-state index is 13.2. The van der Waals surface area contributed by atoms with Crippen LogP contribution in [0.3, 0.4) is 0 Å². The van der Waals surface area contributed by atoms with Crippen LogP contribution in [0, 0.1) is 11.7 Å². The number of hydrogen-bond acceptors (Lipinski definition) is 2. The summed E-state index contributed by atoms with van der Waals surface area (Å²) in [6.45, 7) is 4.39. The minimum absolute atomic E-state index is 0.00109. The van der Waals surface area contributed by atoms with Crippen LogP contribution in [0.4, 0.5) is 4.39 Å². The van der Waals surface area contributed by atoms with Gasteiger partial charge < -0.3 is 0 Å². The number of rotatable bonds is 6. The Kier molecular flexibility index (Phi) is 6.09. The average molecular weight is 303 g/mol. The highest BCUT2D eigenvalue weighted by Gasteiger charge is 2.13. The molecular weight excluding hydrogens is 283 g/mol. The molecule has 0 radical (unpaired) electrons. The zero-order chi connectivity index (χ0) is 12.8. The summed E-state index contributed by atoms with van der Waals surface area (Å²) in [6.07, 6.45) is 3.15. The third-order valence-electron chi connectivity index (χ3n) is 2.81. The molecule has 2 nitrogen and oxygen atoms in total. The second kappa shape index (κ2) is 7.09.